The minimum atomic E-state index is -1.03. The van der Waals surface area contributed by atoms with Crippen LogP contribution in [0, 0.1) is 23.7 Å². The van der Waals surface area contributed by atoms with Crippen LogP contribution in [0.5, 0.6) is 0 Å². The summed E-state index contributed by atoms with van der Waals surface area (Å²) < 4.78 is 0. The number of hydrogen-bond donors (Lipinski definition) is 4. The topological polar surface area (TPSA) is 180 Å². The number of fused-ring (bicyclic) bond motifs is 1. The predicted molar refractivity (Wildman–Crippen MR) is 171 cm³/mol. The summed E-state index contributed by atoms with van der Waals surface area (Å²) in [4.78, 5) is 89.5. The van der Waals surface area contributed by atoms with Gasteiger partial charge in [0.1, 0.15) is 23.8 Å². The van der Waals surface area contributed by atoms with Crippen LogP contribution in [0.15, 0.2) is 30.7 Å². The van der Waals surface area contributed by atoms with Gasteiger partial charge in [-0.3, -0.25) is 33.8 Å². The molecule has 1 saturated heterocycles. The van der Waals surface area contributed by atoms with Gasteiger partial charge in [0.15, 0.2) is 0 Å². The molecule has 0 saturated carbocycles. The van der Waals surface area contributed by atoms with E-state index in [9.17, 15) is 28.8 Å². The summed E-state index contributed by atoms with van der Waals surface area (Å²) in [5.74, 6) is -4.44. The molecule has 2 heterocycles. The molecule has 4 N–H and O–H groups in total. The van der Waals surface area contributed by atoms with E-state index in [0.717, 1.165) is 0 Å². The molecule has 0 radical (unpaired) electrons. The first kappa shape index (κ1) is 36.3. The van der Waals surface area contributed by atoms with Gasteiger partial charge in [-0.1, -0.05) is 60.1 Å². The monoisotopic (exact) mass is 639 g/mol. The zero-order chi connectivity index (χ0) is 34.1. The fourth-order valence-electron chi connectivity index (χ4n) is 5.89. The van der Waals surface area contributed by atoms with Crippen molar-refractivity contribution in [2.75, 3.05) is 6.54 Å². The lowest BCUT2D eigenvalue weighted by molar-refractivity contribution is -0.145. The molecule has 5 amide bonds. The number of hydrogen-bond acceptors (Lipinski definition) is 8. The Hall–Kier alpha value is -4.16. The van der Waals surface area contributed by atoms with Gasteiger partial charge in [-0.2, -0.15) is 0 Å². The van der Waals surface area contributed by atoms with Gasteiger partial charge in [0.2, 0.25) is 23.5 Å². The lowest BCUT2D eigenvalue weighted by Gasteiger charge is -2.33. The number of amides is 5. The highest BCUT2D eigenvalue weighted by Gasteiger charge is 2.50. The number of Topliss-reactive ketones (excluding diaryl/α,β-unsaturated/α-hetero) is 1. The van der Waals surface area contributed by atoms with Crippen LogP contribution in [0.2, 0.25) is 0 Å². The van der Waals surface area contributed by atoms with E-state index in [2.05, 4.69) is 31.2 Å². The van der Waals surface area contributed by atoms with E-state index in [-0.39, 0.29) is 48.4 Å². The van der Waals surface area contributed by atoms with Crippen LogP contribution in [-0.4, -0.2) is 86.9 Å². The molecule has 0 spiro atoms. The molecule has 2 aliphatic rings. The van der Waals surface area contributed by atoms with Crippen molar-refractivity contribution >= 4 is 35.3 Å². The van der Waals surface area contributed by atoms with Gasteiger partial charge in [0, 0.05) is 30.9 Å². The third-order valence-electron chi connectivity index (χ3n) is 8.73. The maximum atomic E-state index is 14.2. The Kier molecular flexibility index (Phi) is 13.0. The van der Waals surface area contributed by atoms with E-state index in [0.29, 0.717) is 19.3 Å². The van der Waals surface area contributed by atoms with Crippen molar-refractivity contribution in [2.45, 2.75) is 104 Å². The second kappa shape index (κ2) is 16.4. The molecule has 0 bridgehead atoms. The number of allylic oxidation sites excluding steroid dienone is 1. The smallest absolute Gasteiger partial charge is 0.289 e. The van der Waals surface area contributed by atoms with Crippen molar-refractivity contribution in [1.82, 2.24) is 36.1 Å². The van der Waals surface area contributed by atoms with Gasteiger partial charge in [-0.15, -0.1) is 0 Å². The van der Waals surface area contributed by atoms with Gasteiger partial charge in [-0.25, -0.2) is 4.98 Å². The lowest BCUT2D eigenvalue weighted by atomic mass is 9.92. The minimum absolute atomic E-state index is 0.0557. The highest BCUT2D eigenvalue weighted by atomic mass is 16.2. The van der Waals surface area contributed by atoms with Crippen LogP contribution >= 0.6 is 0 Å². The molecule has 1 aliphatic carbocycles. The molecule has 1 aromatic rings. The Labute approximate surface area is 271 Å². The van der Waals surface area contributed by atoms with E-state index in [1.165, 1.54) is 23.5 Å². The molecule has 13 nitrogen and oxygen atoms in total. The lowest BCUT2D eigenvalue weighted by Crippen LogP contribution is -2.60. The molecule has 1 aromatic heterocycles. The van der Waals surface area contributed by atoms with Crippen molar-refractivity contribution in [3.63, 3.8) is 0 Å². The Morgan fingerprint density at radius 1 is 0.913 bits per heavy atom. The highest BCUT2D eigenvalue weighted by Crippen LogP contribution is 2.39. The summed E-state index contributed by atoms with van der Waals surface area (Å²) >= 11 is 0. The van der Waals surface area contributed by atoms with E-state index in [4.69, 9.17) is 0 Å². The number of aromatic nitrogens is 2. The maximum absolute atomic E-state index is 14.2. The first-order chi connectivity index (χ1) is 21.8. The van der Waals surface area contributed by atoms with Crippen LogP contribution < -0.4 is 21.3 Å². The van der Waals surface area contributed by atoms with Crippen molar-refractivity contribution in [3.8, 4) is 0 Å². The summed E-state index contributed by atoms with van der Waals surface area (Å²) in [6.07, 6.45) is 10.1. The minimum Gasteiger partial charge on any atom is -0.347 e. The van der Waals surface area contributed by atoms with Crippen LogP contribution in [0.3, 0.4) is 0 Å². The highest BCUT2D eigenvalue weighted by molar-refractivity contribution is 6.38. The summed E-state index contributed by atoms with van der Waals surface area (Å²) in [6, 6.07) is -4.08. The maximum Gasteiger partial charge on any atom is 0.289 e. The van der Waals surface area contributed by atoms with Crippen LogP contribution in [0.25, 0.3) is 0 Å². The van der Waals surface area contributed by atoms with E-state index < -0.39 is 59.5 Å². The largest absolute Gasteiger partial charge is 0.347 e. The third-order valence-corrected chi connectivity index (χ3v) is 8.73. The average Bonchev–Trinajstić information content (AvgIpc) is 3.63. The van der Waals surface area contributed by atoms with E-state index in [1.54, 1.807) is 34.6 Å². The number of carbonyl (C=O) groups is 6. The average molecular weight is 640 g/mol. The van der Waals surface area contributed by atoms with E-state index in [1.807, 2.05) is 26.0 Å². The van der Waals surface area contributed by atoms with Gasteiger partial charge in [-0.05, 0) is 43.9 Å². The number of ketones is 1. The molecule has 13 heteroatoms. The molecule has 1 fully saturated rings. The molecule has 252 valence electrons. The molecular weight excluding hydrogens is 590 g/mol. The SMILES string of the molecule is CCCC(NC(=O)[C@@H]1[C@H]2CC=C[C@H]2CN1C(=O)[C@@H](NC(=O)[C@H](NC(=O)c1cnccn1)C(C)C)C(C)C)C(=O)C(=O)NC(C)CC. The summed E-state index contributed by atoms with van der Waals surface area (Å²) in [7, 11) is 0. The van der Waals surface area contributed by atoms with Gasteiger partial charge in [0.25, 0.3) is 11.8 Å². The Morgan fingerprint density at radius 2 is 1.61 bits per heavy atom. The normalized spacial score (nSPS) is 21.2. The molecule has 3 rings (SSSR count). The number of carbonyl (C=O) groups excluding carboxylic acids is 6. The van der Waals surface area contributed by atoms with Crippen molar-refractivity contribution < 1.29 is 28.8 Å². The van der Waals surface area contributed by atoms with Gasteiger partial charge < -0.3 is 26.2 Å². The van der Waals surface area contributed by atoms with Crippen molar-refractivity contribution in [2.24, 2.45) is 23.7 Å². The third kappa shape index (κ3) is 8.76. The van der Waals surface area contributed by atoms with Crippen LogP contribution in [0.1, 0.15) is 84.6 Å². The van der Waals surface area contributed by atoms with Crippen LogP contribution in [-0.2, 0) is 24.0 Å². The second-order valence-corrected chi connectivity index (χ2v) is 12.9. The molecule has 2 unspecified atom stereocenters. The first-order valence-corrected chi connectivity index (χ1v) is 16.3. The zero-order valence-corrected chi connectivity index (χ0v) is 27.9. The standard InChI is InChI=1S/C33H49N7O6/c1-8-11-23(28(41)32(45)36-20(7)9-2)37-31(44)27-22-13-10-12-21(22)17-40(27)33(46)26(19(5)6)39-30(43)25(18(3)4)38-29(42)24-16-34-14-15-35-24/h10,12,14-16,18-23,25-27H,8-9,11,13,17H2,1-7H3,(H,36,45)(H,37,44)(H,38,42)(H,39,43)/t20?,21-,22-,23?,25+,26-,27-/m0/s1. The summed E-state index contributed by atoms with van der Waals surface area (Å²) in [5.41, 5.74) is 0.0557. The number of likely N-dealkylation sites (tertiary alicyclic amines) is 1. The number of nitrogens with one attached hydrogen (secondary N) is 4. The molecule has 7 atom stereocenters. The summed E-state index contributed by atoms with van der Waals surface area (Å²) in [6.45, 7) is 13.0. The fourth-order valence-corrected chi connectivity index (χ4v) is 5.89. The fraction of sp³-hybridized carbons (Fsp3) is 0.636. The van der Waals surface area contributed by atoms with Gasteiger partial charge >= 0.3 is 0 Å². The number of rotatable bonds is 15. The molecular formula is C33H49N7O6. The predicted octanol–water partition coefficient (Wildman–Crippen LogP) is 1.54. The van der Waals surface area contributed by atoms with E-state index >= 15 is 0 Å². The molecule has 1 aliphatic heterocycles. The number of nitrogens with zero attached hydrogens (tertiary/aromatic N) is 3. The Balaban J connectivity index is 1.81. The first-order valence-electron chi connectivity index (χ1n) is 16.3. The van der Waals surface area contributed by atoms with Crippen molar-refractivity contribution in [1.29, 1.82) is 0 Å². The Bertz CT molecular complexity index is 1300. The Morgan fingerprint density at radius 3 is 2.20 bits per heavy atom. The summed E-state index contributed by atoms with van der Waals surface area (Å²) in [5, 5.41) is 11.0. The second-order valence-electron chi connectivity index (χ2n) is 12.9. The van der Waals surface area contributed by atoms with Crippen molar-refractivity contribution in [3.05, 3.63) is 36.4 Å². The van der Waals surface area contributed by atoms with Crippen LogP contribution in [0.4, 0.5) is 0 Å². The quantitative estimate of drug-likeness (QED) is 0.165. The zero-order valence-electron chi connectivity index (χ0n) is 27.9. The molecule has 46 heavy (non-hydrogen) atoms. The van der Waals surface area contributed by atoms with Gasteiger partial charge in [0.05, 0.1) is 12.2 Å². The molecule has 0 aromatic carbocycles.